The van der Waals surface area contributed by atoms with Gasteiger partial charge in [0.15, 0.2) is 5.84 Å². The van der Waals surface area contributed by atoms with Crippen molar-refractivity contribution >= 4 is 52.5 Å². The molecule has 2 rings (SSSR count). The topological polar surface area (TPSA) is 121 Å². The highest BCUT2D eigenvalue weighted by molar-refractivity contribution is 8.01. The number of hydrogen-bond donors (Lipinski definition) is 1. The molecule has 0 radical (unpaired) electrons. The van der Waals surface area contributed by atoms with E-state index in [-0.39, 0.29) is 11.5 Å². The zero-order valence-electron chi connectivity index (χ0n) is 12.6. The van der Waals surface area contributed by atoms with Gasteiger partial charge in [0, 0.05) is 17.7 Å². The summed E-state index contributed by atoms with van der Waals surface area (Å²) in [7, 11) is 0. The number of benzene rings is 1. The van der Waals surface area contributed by atoms with E-state index in [0.29, 0.717) is 16.2 Å². The number of non-ortho nitro benzene ring substituents is 1. The minimum atomic E-state index is -0.651. The van der Waals surface area contributed by atoms with Crippen molar-refractivity contribution in [1.29, 1.82) is 0 Å². The molecule has 1 heterocycles. The third kappa shape index (κ3) is 4.04. The monoisotopic (exact) mass is 384 g/mol. The van der Waals surface area contributed by atoms with Crippen LogP contribution in [0.2, 0.25) is 0 Å². The summed E-state index contributed by atoms with van der Waals surface area (Å²) in [5, 5.41) is 14.8. The molecule has 0 unspecified atom stereocenters. The van der Waals surface area contributed by atoms with Gasteiger partial charge in [0.25, 0.3) is 5.69 Å². The van der Waals surface area contributed by atoms with Gasteiger partial charge in [0.05, 0.1) is 9.13 Å². The third-order valence-electron chi connectivity index (χ3n) is 2.81. The van der Waals surface area contributed by atoms with E-state index < -0.39 is 10.9 Å². The molecule has 8 nitrogen and oxygen atoms in total. The van der Waals surface area contributed by atoms with Crippen molar-refractivity contribution in [2.24, 2.45) is 10.9 Å². The Hall–Kier alpha value is -2.11. The number of nitrogens with zero attached hydrogens (tertiary/aromatic N) is 3. The van der Waals surface area contributed by atoms with Crippen molar-refractivity contribution in [3.05, 3.63) is 45.5 Å². The highest BCUT2D eigenvalue weighted by atomic mass is 32.2. The molecule has 0 amide bonds. The Bertz CT molecular complexity index is 768. The minimum absolute atomic E-state index is 0.0576. The van der Waals surface area contributed by atoms with Gasteiger partial charge in [0.1, 0.15) is 10.6 Å². The lowest BCUT2D eigenvalue weighted by Gasteiger charge is -2.02. The normalized spacial score (nSPS) is 11.3. The summed E-state index contributed by atoms with van der Waals surface area (Å²) in [6.45, 7) is 0. The van der Waals surface area contributed by atoms with Crippen LogP contribution in [0.1, 0.15) is 15.9 Å². The standard InChI is InChI=1S/C13H12N4O4S3/c1-22-11-9(13(23-2)24-16-11)12(18)21-15-10(14)7-3-5-8(6-4-7)17(19)20/h3-6H,1-2H3,(H2,14,15). The van der Waals surface area contributed by atoms with Crippen LogP contribution < -0.4 is 5.73 Å². The van der Waals surface area contributed by atoms with Gasteiger partial charge in [-0.2, -0.15) is 4.37 Å². The fourth-order valence-electron chi connectivity index (χ4n) is 1.65. The maximum atomic E-state index is 12.2. The van der Waals surface area contributed by atoms with Crippen molar-refractivity contribution in [2.45, 2.75) is 9.24 Å². The number of carbonyl (C=O) groups is 1. The number of oxime groups is 1. The largest absolute Gasteiger partial charge is 0.380 e. The fourth-order valence-corrected chi connectivity index (χ4v) is 3.90. The number of hydrogen-bond acceptors (Lipinski definition) is 9. The van der Waals surface area contributed by atoms with Crippen molar-refractivity contribution in [2.75, 3.05) is 12.5 Å². The molecule has 0 spiro atoms. The van der Waals surface area contributed by atoms with Crippen LogP contribution in [0.3, 0.4) is 0 Å². The van der Waals surface area contributed by atoms with E-state index >= 15 is 0 Å². The molecule has 2 aromatic rings. The number of thioether (sulfide) groups is 2. The van der Waals surface area contributed by atoms with Crippen LogP contribution in [-0.4, -0.2) is 33.6 Å². The van der Waals surface area contributed by atoms with E-state index in [0.717, 1.165) is 4.21 Å². The van der Waals surface area contributed by atoms with Gasteiger partial charge in [-0.25, -0.2) is 4.79 Å². The molecule has 2 N–H and O–H groups in total. The first kappa shape index (κ1) is 18.2. The second-order valence-corrected chi connectivity index (χ2v) is 6.86. The molecule has 11 heteroatoms. The molecule has 0 saturated carbocycles. The zero-order chi connectivity index (χ0) is 17.7. The number of rotatable bonds is 6. The van der Waals surface area contributed by atoms with Gasteiger partial charge in [-0.1, -0.05) is 5.16 Å². The molecule has 24 heavy (non-hydrogen) atoms. The first-order chi connectivity index (χ1) is 11.5. The second kappa shape index (κ2) is 8.13. The number of amidine groups is 1. The van der Waals surface area contributed by atoms with Crippen LogP contribution in [0.25, 0.3) is 0 Å². The van der Waals surface area contributed by atoms with Crippen molar-refractivity contribution < 1.29 is 14.6 Å². The summed E-state index contributed by atoms with van der Waals surface area (Å²) >= 11 is 3.94. The summed E-state index contributed by atoms with van der Waals surface area (Å²) in [6, 6.07) is 5.44. The average molecular weight is 384 g/mol. The lowest BCUT2D eigenvalue weighted by molar-refractivity contribution is -0.384. The van der Waals surface area contributed by atoms with Crippen LogP contribution in [0.4, 0.5) is 5.69 Å². The SMILES string of the molecule is CSc1nsc(SC)c1C(=O)O/N=C(\N)c1ccc([N+](=O)[O-])cc1. The maximum absolute atomic E-state index is 12.2. The molecule has 1 aromatic carbocycles. The Morgan fingerprint density at radius 2 is 2.00 bits per heavy atom. The second-order valence-electron chi connectivity index (χ2n) is 4.22. The molecule has 0 aliphatic carbocycles. The van der Waals surface area contributed by atoms with Crippen LogP contribution in [-0.2, 0) is 4.84 Å². The van der Waals surface area contributed by atoms with Gasteiger partial charge in [-0.15, -0.1) is 23.5 Å². The van der Waals surface area contributed by atoms with Crippen LogP contribution in [0, 0.1) is 10.1 Å². The smallest absolute Gasteiger partial charge is 0.370 e. The first-order valence-corrected chi connectivity index (χ1v) is 9.57. The van der Waals surface area contributed by atoms with Crippen LogP contribution in [0.15, 0.2) is 38.7 Å². The van der Waals surface area contributed by atoms with E-state index in [1.807, 2.05) is 12.5 Å². The number of aromatic nitrogens is 1. The van der Waals surface area contributed by atoms with E-state index in [9.17, 15) is 14.9 Å². The molecule has 0 saturated heterocycles. The van der Waals surface area contributed by atoms with Gasteiger partial charge in [0.2, 0.25) is 0 Å². The van der Waals surface area contributed by atoms with Crippen molar-refractivity contribution in [3.63, 3.8) is 0 Å². The Labute approximate surface area is 149 Å². The molecular weight excluding hydrogens is 372 g/mol. The summed E-state index contributed by atoms with van der Waals surface area (Å²) in [6.07, 6.45) is 3.65. The quantitative estimate of drug-likeness (QED) is 0.201. The first-order valence-electron chi connectivity index (χ1n) is 6.35. The number of nitro benzene ring substituents is 1. The number of nitro groups is 1. The molecule has 0 fully saturated rings. The molecular formula is C13H12N4O4S3. The fraction of sp³-hybridized carbons (Fsp3) is 0.154. The average Bonchev–Trinajstić information content (AvgIpc) is 3.02. The Morgan fingerprint density at radius 1 is 1.33 bits per heavy atom. The van der Waals surface area contributed by atoms with Crippen molar-refractivity contribution in [1.82, 2.24) is 4.37 Å². The Kier molecular flexibility index (Phi) is 6.17. The highest BCUT2D eigenvalue weighted by Gasteiger charge is 2.22. The summed E-state index contributed by atoms with van der Waals surface area (Å²) in [5.74, 6) is -0.708. The van der Waals surface area contributed by atoms with Gasteiger partial charge in [-0.05, 0) is 36.2 Å². The summed E-state index contributed by atoms with van der Waals surface area (Å²) < 4.78 is 4.91. The van der Waals surface area contributed by atoms with Crippen LogP contribution >= 0.6 is 35.1 Å². The number of nitrogens with two attached hydrogens (primary N) is 1. The maximum Gasteiger partial charge on any atom is 0.370 e. The Balaban J connectivity index is 2.16. The Morgan fingerprint density at radius 3 is 2.54 bits per heavy atom. The molecule has 1 aromatic heterocycles. The highest BCUT2D eigenvalue weighted by Crippen LogP contribution is 2.33. The number of carbonyl (C=O) groups excluding carboxylic acids is 1. The van der Waals surface area contributed by atoms with Gasteiger partial charge in [-0.3, -0.25) is 10.1 Å². The van der Waals surface area contributed by atoms with E-state index in [1.165, 1.54) is 59.3 Å². The minimum Gasteiger partial charge on any atom is -0.380 e. The molecule has 0 aliphatic rings. The summed E-state index contributed by atoms with van der Waals surface area (Å²) in [5.41, 5.74) is 6.45. The predicted octanol–water partition coefficient (Wildman–Crippen LogP) is 2.97. The zero-order valence-corrected chi connectivity index (χ0v) is 15.0. The van der Waals surface area contributed by atoms with Gasteiger partial charge < -0.3 is 10.6 Å². The van der Waals surface area contributed by atoms with E-state index in [4.69, 9.17) is 10.6 Å². The lowest BCUT2D eigenvalue weighted by atomic mass is 10.2. The molecule has 0 aliphatic heterocycles. The van der Waals surface area contributed by atoms with Crippen molar-refractivity contribution in [3.8, 4) is 0 Å². The molecule has 0 bridgehead atoms. The predicted molar refractivity (Wildman–Crippen MR) is 94.9 cm³/mol. The van der Waals surface area contributed by atoms with Gasteiger partial charge >= 0.3 is 5.97 Å². The summed E-state index contributed by atoms with van der Waals surface area (Å²) in [4.78, 5) is 27.2. The third-order valence-corrected chi connectivity index (χ3v) is 5.55. The van der Waals surface area contributed by atoms with Crippen LogP contribution in [0.5, 0.6) is 0 Å². The van der Waals surface area contributed by atoms with E-state index in [2.05, 4.69) is 9.53 Å². The molecule has 126 valence electrons. The van der Waals surface area contributed by atoms with E-state index in [1.54, 1.807) is 0 Å². The lowest BCUT2D eigenvalue weighted by Crippen LogP contribution is -2.15. The molecule has 0 atom stereocenters.